The Morgan fingerprint density at radius 3 is 2.90 bits per heavy atom. The van der Waals surface area contributed by atoms with Crippen LogP contribution in [0.1, 0.15) is 64.9 Å². The summed E-state index contributed by atoms with van der Waals surface area (Å²) in [5.41, 5.74) is -2.80. The van der Waals surface area contributed by atoms with Crippen LogP contribution in [0.2, 0.25) is 0 Å². The van der Waals surface area contributed by atoms with Crippen molar-refractivity contribution in [2.75, 3.05) is 13.0 Å². The lowest BCUT2D eigenvalue weighted by molar-refractivity contribution is -0.0705. The monoisotopic (exact) mass is 293 g/mol. The molecule has 20 heavy (non-hydrogen) atoms. The number of morpholine rings is 1. The van der Waals surface area contributed by atoms with Crippen molar-refractivity contribution in [2.45, 2.75) is 58.6 Å². The predicted octanol–water partition coefficient (Wildman–Crippen LogP) is 3.73. The van der Waals surface area contributed by atoms with E-state index in [0.29, 0.717) is 6.92 Å². The predicted molar refractivity (Wildman–Crippen MR) is 80.4 cm³/mol. The van der Waals surface area contributed by atoms with E-state index in [1.807, 2.05) is 0 Å². The Morgan fingerprint density at radius 1 is 1.55 bits per heavy atom. The zero-order valence-electron chi connectivity index (χ0n) is 25.7. The van der Waals surface area contributed by atoms with Crippen molar-refractivity contribution in [3.05, 3.63) is 35.1 Å². The molecule has 0 bridgehead atoms. The van der Waals surface area contributed by atoms with Crippen molar-refractivity contribution in [3.8, 4) is 0 Å². The third-order valence-corrected chi connectivity index (χ3v) is 2.48. The molecule has 1 aromatic carbocycles. The summed E-state index contributed by atoms with van der Waals surface area (Å²) in [7, 11) is 0. The third-order valence-electron chi connectivity index (χ3n) is 2.48. The molecule has 3 heteroatoms. The van der Waals surface area contributed by atoms with Gasteiger partial charge in [-0.15, -0.1) is 0 Å². The summed E-state index contributed by atoms with van der Waals surface area (Å²) in [4.78, 5) is -0.363. The molecule has 0 saturated carbocycles. The summed E-state index contributed by atoms with van der Waals surface area (Å²) in [5, 5.41) is 0. The van der Waals surface area contributed by atoms with E-state index in [1.165, 1.54) is 20.8 Å². The Kier molecular flexibility index (Phi) is 1.56. The molecule has 1 aromatic rings. The van der Waals surface area contributed by atoms with Gasteiger partial charge in [0.2, 0.25) is 0 Å². The minimum atomic E-state index is -3.82. The Hall–Kier alpha value is -0.930. The summed E-state index contributed by atoms with van der Waals surface area (Å²) < 4.78 is 134. The highest BCUT2D eigenvalue weighted by Gasteiger charge is 2.23. The quantitative estimate of drug-likeness (QED) is 0.824. The molecule has 0 aliphatic carbocycles. The molecule has 1 aliphatic heterocycles. The molecule has 1 aliphatic rings. The molecule has 2 nitrogen and oxygen atoms in total. The van der Waals surface area contributed by atoms with Crippen LogP contribution in [0.15, 0.2) is 18.1 Å². The molecule has 1 heterocycles. The van der Waals surface area contributed by atoms with Crippen LogP contribution < -0.4 is 0 Å². The van der Waals surface area contributed by atoms with Gasteiger partial charge in [0.05, 0.1) is 19.0 Å². The Balaban J connectivity index is 3.05. The van der Waals surface area contributed by atoms with Gasteiger partial charge in [-0.25, -0.2) is 4.39 Å². The number of hydrogen-bond donors (Lipinski definition) is 0. The highest BCUT2D eigenvalue weighted by atomic mass is 19.1. The van der Waals surface area contributed by atoms with E-state index in [2.05, 4.69) is 0 Å². The molecule has 2 unspecified atom stereocenters. The lowest BCUT2D eigenvalue weighted by Gasteiger charge is -2.35. The van der Waals surface area contributed by atoms with Crippen LogP contribution in [0.5, 0.6) is 0 Å². The molecule has 0 aromatic heterocycles. The summed E-state index contributed by atoms with van der Waals surface area (Å²) in [6.07, 6.45) is -6.71. The fraction of sp³-hybridized carbons (Fsp3) is 0.647. The summed E-state index contributed by atoms with van der Waals surface area (Å²) in [5.74, 6) is -1.28. The van der Waals surface area contributed by atoms with Crippen molar-refractivity contribution in [3.63, 3.8) is 0 Å². The van der Waals surface area contributed by atoms with Crippen LogP contribution in [0.25, 0.3) is 0 Å². The van der Waals surface area contributed by atoms with Crippen LogP contribution in [0.4, 0.5) is 4.39 Å². The van der Waals surface area contributed by atoms with E-state index >= 15 is 0 Å². The molecule has 0 radical (unpaired) electrons. The molecular weight excluding hydrogens is 253 g/mol. The minimum Gasteiger partial charge on any atom is -0.373 e. The summed E-state index contributed by atoms with van der Waals surface area (Å²) >= 11 is 0. The van der Waals surface area contributed by atoms with Gasteiger partial charge in [-0.05, 0) is 36.4 Å². The molecule has 1 saturated heterocycles. The minimum absolute atomic E-state index is 0.363. The fourth-order valence-corrected chi connectivity index (χ4v) is 1.62. The molecule has 1 fully saturated rings. The number of ether oxygens (including phenoxy) is 1. The molecule has 0 N–H and O–H groups in total. The number of nitrogens with zero attached hydrogens (tertiary/aromatic N) is 1. The Labute approximate surface area is 141 Å². The van der Waals surface area contributed by atoms with Gasteiger partial charge in [-0.2, -0.15) is 0 Å². The molecule has 0 spiro atoms. The van der Waals surface area contributed by atoms with Gasteiger partial charge in [-0.3, -0.25) is 4.90 Å². The number of rotatable bonds is 2. The molecule has 0 amide bonds. The summed E-state index contributed by atoms with van der Waals surface area (Å²) in [6, 6.07) is -3.27. The zero-order chi connectivity index (χ0) is 27.2. The average molecular weight is 293 g/mol. The lowest BCUT2D eigenvalue weighted by atomic mass is 9.85. The first-order valence-electron chi connectivity index (χ1n) is 13.0. The largest absolute Gasteiger partial charge is 0.373 e. The number of benzene rings is 1. The maximum absolute atomic E-state index is 14.9. The smallest absolute Gasteiger partial charge is 0.126 e. The van der Waals surface area contributed by atoms with Gasteiger partial charge in [0.1, 0.15) is 5.82 Å². The molecule has 2 rings (SSSR count). The third kappa shape index (κ3) is 3.80. The molecule has 2 atom stereocenters. The fourth-order valence-electron chi connectivity index (χ4n) is 1.62. The highest BCUT2D eigenvalue weighted by Crippen LogP contribution is 2.26. The standard InChI is InChI=1S/C17H26FNO/c1-12-9-19(10-13(2)20-12)11-14-6-7-16(18)15(8-14)17(3,4)5/h6-8,12-13H,9-11H2,1-5H3/i1D3,6D,7D,8D,9D2,10D2,11D2,12D,13D. The normalized spacial score (nSPS) is 48.9. The van der Waals surface area contributed by atoms with E-state index in [4.69, 9.17) is 23.9 Å². The average Bonchev–Trinajstić information content (AvgIpc) is 2.54. The van der Waals surface area contributed by atoms with Crippen LogP contribution in [-0.4, -0.2) is 30.1 Å². The first-order chi connectivity index (χ1) is 14.7. The second-order valence-electron chi connectivity index (χ2n) is 5.35. The van der Waals surface area contributed by atoms with Crippen molar-refractivity contribution in [1.82, 2.24) is 4.90 Å². The molecular formula is C17H26FNO. The lowest BCUT2D eigenvalue weighted by Crippen LogP contribution is -2.44. The maximum atomic E-state index is 14.9. The zero-order valence-corrected chi connectivity index (χ0v) is 11.7. The summed E-state index contributed by atoms with van der Waals surface area (Å²) in [6.45, 7) is -9.52. The van der Waals surface area contributed by atoms with Gasteiger partial charge < -0.3 is 4.74 Å². The van der Waals surface area contributed by atoms with Crippen LogP contribution >= 0.6 is 0 Å². The number of halogens is 1. The van der Waals surface area contributed by atoms with E-state index < -0.39 is 79.0 Å². The van der Waals surface area contributed by atoms with Crippen LogP contribution in [-0.2, 0) is 16.6 Å². The first-order valence-corrected chi connectivity index (χ1v) is 6.02. The van der Waals surface area contributed by atoms with E-state index in [-0.39, 0.29) is 4.90 Å². The van der Waals surface area contributed by atoms with Gasteiger partial charge in [-0.1, -0.05) is 32.9 Å². The van der Waals surface area contributed by atoms with Crippen molar-refractivity contribution in [1.29, 1.82) is 0 Å². The van der Waals surface area contributed by atoms with Crippen molar-refractivity contribution >= 4 is 0 Å². The van der Waals surface area contributed by atoms with Gasteiger partial charge >= 0.3 is 0 Å². The van der Waals surface area contributed by atoms with Gasteiger partial charge in [0, 0.05) is 31.8 Å². The first kappa shape index (κ1) is 5.36. The highest BCUT2D eigenvalue weighted by molar-refractivity contribution is 5.30. The SMILES string of the molecule is [2H]c1c([2H])c(C([2H])([2H])N2C([2H])([2H])C([2H])(C)OC([2H])(C([2H])([2H])[2H])C2([2H])[2H])c([2H])c(C(C)(C)C)c1F. The van der Waals surface area contributed by atoms with Crippen molar-refractivity contribution < 1.29 is 28.3 Å². The van der Waals surface area contributed by atoms with Crippen molar-refractivity contribution in [2.24, 2.45) is 0 Å². The van der Waals surface area contributed by atoms with Crippen LogP contribution in [0.3, 0.4) is 0 Å². The number of hydrogen-bond acceptors (Lipinski definition) is 2. The van der Waals surface area contributed by atoms with E-state index in [0.717, 1.165) is 0 Å². The Morgan fingerprint density at radius 2 is 2.25 bits per heavy atom. The topological polar surface area (TPSA) is 12.5 Å². The Bertz CT molecular complexity index is 1000. The van der Waals surface area contributed by atoms with Gasteiger partial charge in [0.15, 0.2) is 0 Å². The maximum Gasteiger partial charge on any atom is 0.126 e. The van der Waals surface area contributed by atoms with E-state index in [9.17, 15) is 4.39 Å². The van der Waals surface area contributed by atoms with E-state index in [1.54, 1.807) is 0 Å². The second-order valence-corrected chi connectivity index (χ2v) is 5.35. The second kappa shape index (κ2) is 5.82. The van der Waals surface area contributed by atoms with Gasteiger partial charge in [0.25, 0.3) is 0 Å². The molecule has 112 valence electrons. The van der Waals surface area contributed by atoms with Crippen LogP contribution in [0, 0.1) is 5.82 Å².